The molecule has 2 aliphatic heterocycles. The lowest BCUT2D eigenvalue weighted by Gasteiger charge is -2.32. The number of rotatable bonds is 9. The van der Waals surface area contributed by atoms with Crippen molar-refractivity contribution in [2.45, 2.75) is 74.2 Å². The molecular weight excluding hydrogens is 552 g/mol. The Morgan fingerprint density at radius 2 is 1.00 bits per heavy atom. The lowest BCUT2D eigenvalue weighted by molar-refractivity contribution is 0.0927. The van der Waals surface area contributed by atoms with Gasteiger partial charge in [0.1, 0.15) is 0 Å². The number of nitrogens with one attached hydrogen (secondary N) is 2. The van der Waals surface area contributed by atoms with Crippen LogP contribution in [-0.4, -0.2) is 75.5 Å². The lowest BCUT2D eigenvalue weighted by atomic mass is 10.1. The molecule has 0 saturated carbocycles. The van der Waals surface area contributed by atoms with Crippen LogP contribution in [0.1, 0.15) is 73.1 Å². The predicted molar refractivity (Wildman–Crippen MR) is 152 cm³/mol. The molecule has 218 valence electrons. The van der Waals surface area contributed by atoms with Crippen LogP contribution in [0.5, 0.6) is 0 Å². The molecule has 0 aliphatic carbocycles. The van der Waals surface area contributed by atoms with E-state index in [0.717, 1.165) is 38.5 Å². The van der Waals surface area contributed by atoms with E-state index in [4.69, 9.17) is 0 Å². The van der Waals surface area contributed by atoms with Crippen LogP contribution in [0.2, 0.25) is 0 Å². The minimum absolute atomic E-state index is 0.0497. The largest absolute Gasteiger partial charge is 0.350 e. The van der Waals surface area contributed by atoms with E-state index in [1.54, 1.807) is 0 Å². The standard InChI is InChI=1S/C28H38N4O6S2/c1-21-7-3-5-19-31(21)39(35,36)25-13-9-23(10-14-25)27(33)29-17-18-30-28(34)24-11-15-26(16-12-24)40(37,38)32-20-6-4-8-22(32)2/h9-16,21-22H,3-8,17-20H2,1-2H3,(H,29,33)(H,30,34). The molecule has 0 bridgehead atoms. The van der Waals surface area contributed by atoms with Crippen molar-refractivity contribution >= 4 is 31.9 Å². The second kappa shape index (κ2) is 12.8. The van der Waals surface area contributed by atoms with Crippen molar-refractivity contribution < 1.29 is 26.4 Å². The SMILES string of the molecule is CC1CCCCN1S(=O)(=O)c1ccc(C(=O)NCCNC(=O)c2ccc(S(=O)(=O)N3CCCCC3C)cc2)cc1. The van der Waals surface area contributed by atoms with Crippen LogP contribution in [0.15, 0.2) is 58.3 Å². The Hall–Kier alpha value is -2.80. The van der Waals surface area contributed by atoms with Gasteiger partial charge >= 0.3 is 0 Å². The summed E-state index contributed by atoms with van der Waals surface area (Å²) in [4.78, 5) is 25.4. The molecule has 2 saturated heterocycles. The number of carbonyl (C=O) groups is 2. The Morgan fingerprint density at radius 3 is 1.32 bits per heavy atom. The average molecular weight is 591 g/mol. The number of amides is 2. The molecule has 2 fully saturated rings. The molecular formula is C28H38N4O6S2. The fourth-order valence-corrected chi connectivity index (χ4v) is 8.64. The van der Waals surface area contributed by atoms with Crippen molar-refractivity contribution in [1.29, 1.82) is 0 Å². The summed E-state index contributed by atoms with van der Waals surface area (Å²) in [6.45, 7) is 5.14. The first-order valence-electron chi connectivity index (χ1n) is 13.8. The van der Waals surface area contributed by atoms with Crippen molar-refractivity contribution in [3.63, 3.8) is 0 Å². The summed E-state index contributed by atoms with van der Waals surface area (Å²) in [6, 6.07) is 11.6. The fraction of sp³-hybridized carbons (Fsp3) is 0.500. The highest BCUT2D eigenvalue weighted by Gasteiger charge is 2.32. The van der Waals surface area contributed by atoms with E-state index in [2.05, 4.69) is 10.6 Å². The molecule has 12 heteroatoms. The van der Waals surface area contributed by atoms with Crippen LogP contribution in [0.25, 0.3) is 0 Å². The molecule has 2 N–H and O–H groups in total. The first-order valence-corrected chi connectivity index (χ1v) is 16.7. The predicted octanol–water partition coefficient (Wildman–Crippen LogP) is 2.97. The summed E-state index contributed by atoms with van der Waals surface area (Å²) in [6.07, 6.45) is 5.38. The summed E-state index contributed by atoms with van der Waals surface area (Å²) in [5.74, 6) is -0.767. The van der Waals surface area contributed by atoms with Crippen molar-refractivity contribution in [1.82, 2.24) is 19.2 Å². The number of sulfonamides is 2. The molecule has 2 atom stereocenters. The number of carbonyl (C=O) groups excluding carboxylic acids is 2. The third kappa shape index (κ3) is 6.73. The van der Waals surface area contributed by atoms with Gasteiger partial charge in [0.15, 0.2) is 0 Å². The van der Waals surface area contributed by atoms with Crippen molar-refractivity contribution in [3.05, 3.63) is 59.7 Å². The van der Waals surface area contributed by atoms with Gasteiger partial charge in [-0.25, -0.2) is 16.8 Å². The average Bonchev–Trinajstić information content (AvgIpc) is 2.95. The molecule has 2 amide bonds. The number of hydrogen-bond donors (Lipinski definition) is 2. The summed E-state index contributed by atoms with van der Waals surface area (Å²) in [5, 5.41) is 5.41. The molecule has 2 aromatic rings. The Bertz CT molecular complexity index is 1300. The molecule has 0 radical (unpaired) electrons. The zero-order valence-electron chi connectivity index (χ0n) is 23.0. The summed E-state index contributed by atoms with van der Waals surface area (Å²) >= 11 is 0. The maximum atomic E-state index is 13.0. The quantitative estimate of drug-likeness (QED) is 0.432. The molecule has 10 nitrogen and oxygen atoms in total. The summed E-state index contributed by atoms with van der Waals surface area (Å²) in [5.41, 5.74) is 0.633. The number of piperidine rings is 2. The smallest absolute Gasteiger partial charge is 0.251 e. The van der Waals surface area contributed by atoms with Crippen LogP contribution >= 0.6 is 0 Å². The Morgan fingerprint density at radius 1 is 0.650 bits per heavy atom. The van der Waals surface area contributed by atoms with Crippen LogP contribution in [0.4, 0.5) is 0 Å². The maximum absolute atomic E-state index is 13.0. The topological polar surface area (TPSA) is 133 Å². The van der Waals surface area contributed by atoms with Gasteiger partial charge in [0.25, 0.3) is 11.8 Å². The van der Waals surface area contributed by atoms with Gasteiger partial charge in [-0.05, 0) is 88.1 Å². The van der Waals surface area contributed by atoms with Crippen LogP contribution < -0.4 is 10.6 Å². The highest BCUT2D eigenvalue weighted by atomic mass is 32.2. The lowest BCUT2D eigenvalue weighted by Crippen LogP contribution is -2.41. The first kappa shape index (κ1) is 30.2. The van der Waals surface area contributed by atoms with Crippen LogP contribution in [0, 0.1) is 0 Å². The second-order valence-corrected chi connectivity index (χ2v) is 14.3. The molecule has 40 heavy (non-hydrogen) atoms. The molecule has 2 aliphatic rings. The van der Waals surface area contributed by atoms with E-state index >= 15 is 0 Å². The third-order valence-corrected chi connectivity index (χ3v) is 11.7. The molecule has 0 aromatic heterocycles. The normalized spacial score (nSPS) is 21.1. The summed E-state index contributed by atoms with van der Waals surface area (Å²) < 4.78 is 55.0. The van der Waals surface area contributed by atoms with E-state index in [9.17, 15) is 26.4 Å². The van der Waals surface area contributed by atoms with Crippen LogP contribution in [0.3, 0.4) is 0 Å². The van der Waals surface area contributed by atoms with Gasteiger partial charge in [0, 0.05) is 49.4 Å². The van der Waals surface area contributed by atoms with Gasteiger partial charge in [-0.1, -0.05) is 12.8 Å². The minimum Gasteiger partial charge on any atom is -0.350 e. The van der Waals surface area contributed by atoms with E-state index in [1.165, 1.54) is 57.1 Å². The van der Waals surface area contributed by atoms with Crippen molar-refractivity contribution in [2.75, 3.05) is 26.2 Å². The van der Waals surface area contributed by atoms with E-state index in [0.29, 0.717) is 24.2 Å². The monoisotopic (exact) mass is 590 g/mol. The van der Waals surface area contributed by atoms with E-state index < -0.39 is 20.0 Å². The Labute approximate surface area is 237 Å². The number of hydrogen-bond acceptors (Lipinski definition) is 6. The number of nitrogens with zero attached hydrogens (tertiary/aromatic N) is 2. The van der Waals surface area contributed by atoms with Gasteiger partial charge in [-0.15, -0.1) is 0 Å². The van der Waals surface area contributed by atoms with Gasteiger partial charge < -0.3 is 10.6 Å². The first-order chi connectivity index (χ1) is 19.0. The Kier molecular flexibility index (Phi) is 9.65. The van der Waals surface area contributed by atoms with Gasteiger partial charge in [-0.2, -0.15) is 8.61 Å². The van der Waals surface area contributed by atoms with Gasteiger partial charge in [0.05, 0.1) is 9.79 Å². The van der Waals surface area contributed by atoms with E-state index in [1.807, 2.05) is 13.8 Å². The highest BCUT2D eigenvalue weighted by Crippen LogP contribution is 2.26. The minimum atomic E-state index is -3.61. The fourth-order valence-electron chi connectivity index (χ4n) is 5.24. The van der Waals surface area contributed by atoms with Crippen molar-refractivity contribution in [2.24, 2.45) is 0 Å². The van der Waals surface area contributed by atoms with Crippen molar-refractivity contribution in [3.8, 4) is 0 Å². The molecule has 2 aromatic carbocycles. The van der Waals surface area contributed by atoms with Gasteiger partial charge in [0.2, 0.25) is 20.0 Å². The molecule has 4 rings (SSSR count). The third-order valence-electron chi connectivity index (χ3n) is 7.63. The number of benzene rings is 2. The van der Waals surface area contributed by atoms with Crippen LogP contribution in [-0.2, 0) is 20.0 Å². The zero-order chi connectivity index (χ0) is 28.9. The maximum Gasteiger partial charge on any atom is 0.251 e. The van der Waals surface area contributed by atoms with Gasteiger partial charge in [-0.3, -0.25) is 9.59 Å². The molecule has 2 unspecified atom stereocenters. The molecule has 2 heterocycles. The van der Waals surface area contributed by atoms with E-state index in [-0.39, 0.29) is 46.8 Å². The molecule has 0 spiro atoms. The highest BCUT2D eigenvalue weighted by molar-refractivity contribution is 7.89. The zero-order valence-corrected chi connectivity index (χ0v) is 24.6. The Balaban J connectivity index is 1.26. The second-order valence-electron chi connectivity index (χ2n) is 10.5. The summed E-state index contributed by atoms with van der Waals surface area (Å²) in [7, 11) is -7.22.